The monoisotopic (exact) mass is 256 g/mol. The Kier molecular flexibility index (Phi) is 3.33. The Hall–Kier alpha value is -2.07. The van der Waals surface area contributed by atoms with E-state index >= 15 is 0 Å². The number of hydrogen-bond donors (Lipinski definition) is 1. The van der Waals surface area contributed by atoms with Gasteiger partial charge in [-0.05, 0) is 17.7 Å². The number of nitrogens with zero attached hydrogens (tertiary/aromatic N) is 2. The molecule has 19 heavy (non-hydrogen) atoms. The van der Waals surface area contributed by atoms with Crippen LogP contribution in [0.1, 0.15) is 11.1 Å². The highest BCUT2D eigenvalue weighted by Crippen LogP contribution is 2.24. The molecule has 1 aromatic heterocycles. The highest BCUT2D eigenvalue weighted by Gasteiger charge is 2.15. The topological polar surface area (TPSA) is 45.6 Å². The molecule has 0 aliphatic carbocycles. The molecule has 0 amide bonds. The molecule has 0 atom stereocenters. The molecule has 0 fully saturated rings. The third-order valence-electron chi connectivity index (χ3n) is 3.27. The van der Waals surface area contributed by atoms with E-state index in [2.05, 4.69) is 16.0 Å². The first-order valence-electron chi connectivity index (χ1n) is 6.38. The molecule has 1 aromatic carbocycles. The fraction of sp³-hybridized carbons (Fsp3) is 0.267. The van der Waals surface area contributed by atoms with Crippen LogP contribution in [0.5, 0.6) is 5.75 Å². The number of para-hydroxylation sites is 1. The van der Waals surface area contributed by atoms with Crippen molar-refractivity contribution in [3.63, 3.8) is 0 Å². The lowest BCUT2D eigenvalue weighted by molar-refractivity contribution is 0.281. The van der Waals surface area contributed by atoms with E-state index in [1.165, 1.54) is 5.56 Å². The average Bonchev–Trinajstić information content (AvgIpc) is 2.69. The first kappa shape index (κ1) is 12.0. The summed E-state index contributed by atoms with van der Waals surface area (Å²) in [6.07, 6.45) is 1.72. The normalized spacial score (nSPS) is 14.5. The van der Waals surface area contributed by atoms with Crippen LogP contribution in [0.15, 0.2) is 42.6 Å². The van der Waals surface area contributed by atoms with Crippen molar-refractivity contribution >= 4 is 5.82 Å². The molecule has 0 unspecified atom stereocenters. The van der Waals surface area contributed by atoms with E-state index in [0.717, 1.165) is 30.2 Å². The van der Waals surface area contributed by atoms with Gasteiger partial charge in [0.25, 0.3) is 0 Å². The predicted octanol–water partition coefficient (Wildman–Crippen LogP) is 1.97. The molecule has 1 N–H and O–H groups in total. The molecule has 0 saturated carbocycles. The molecule has 2 heterocycles. The summed E-state index contributed by atoms with van der Waals surface area (Å²) in [5, 5.41) is 9.04. The van der Waals surface area contributed by atoms with Crippen LogP contribution >= 0.6 is 0 Å². The Morgan fingerprint density at radius 3 is 2.89 bits per heavy atom. The first-order chi connectivity index (χ1) is 9.36. The number of aromatic nitrogens is 1. The van der Waals surface area contributed by atoms with E-state index in [1.54, 1.807) is 6.20 Å². The lowest BCUT2D eigenvalue weighted by Crippen LogP contribution is -2.26. The van der Waals surface area contributed by atoms with Crippen molar-refractivity contribution < 1.29 is 9.84 Å². The van der Waals surface area contributed by atoms with E-state index in [9.17, 15) is 0 Å². The molecule has 3 rings (SSSR count). The zero-order valence-corrected chi connectivity index (χ0v) is 10.6. The molecule has 0 bridgehead atoms. The molecule has 0 spiro atoms. The maximum absolute atomic E-state index is 9.04. The van der Waals surface area contributed by atoms with E-state index in [0.29, 0.717) is 6.61 Å². The first-order valence-corrected chi connectivity index (χ1v) is 6.38. The largest absolute Gasteiger partial charge is 0.491 e. The van der Waals surface area contributed by atoms with Crippen molar-refractivity contribution in [1.82, 2.24) is 4.98 Å². The summed E-state index contributed by atoms with van der Waals surface area (Å²) in [5.74, 6) is 1.87. The van der Waals surface area contributed by atoms with E-state index in [-0.39, 0.29) is 6.61 Å². The number of benzene rings is 1. The minimum atomic E-state index is 0.0270. The Morgan fingerprint density at radius 2 is 2.11 bits per heavy atom. The SMILES string of the molecule is OCc1ccc(N2CCOc3ccccc3C2)nc1. The average molecular weight is 256 g/mol. The third kappa shape index (κ3) is 2.53. The number of pyridine rings is 1. The zero-order chi connectivity index (χ0) is 13.1. The second-order valence-corrected chi connectivity index (χ2v) is 4.56. The lowest BCUT2D eigenvalue weighted by Gasteiger charge is -2.20. The van der Waals surface area contributed by atoms with Crippen LogP contribution in [0.3, 0.4) is 0 Å². The summed E-state index contributed by atoms with van der Waals surface area (Å²) < 4.78 is 5.74. The van der Waals surface area contributed by atoms with Gasteiger partial charge in [-0.25, -0.2) is 4.98 Å². The van der Waals surface area contributed by atoms with E-state index in [1.807, 2.05) is 30.3 Å². The number of aliphatic hydroxyl groups is 1. The van der Waals surface area contributed by atoms with Crippen molar-refractivity contribution in [2.45, 2.75) is 13.2 Å². The number of anilines is 1. The van der Waals surface area contributed by atoms with E-state index in [4.69, 9.17) is 9.84 Å². The molecule has 98 valence electrons. The van der Waals surface area contributed by atoms with E-state index < -0.39 is 0 Å². The van der Waals surface area contributed by atoms with Gasteiger partial charge < -0.3 is 14.7 Å². The molecule has 0 saturated heterocycles. The second-order valence-electron chi connectivity index (χ2n) is 4.56. The lowest BCUT2D eigenvalue weighted by atomic mass is 10.2. The number of hydrogen-bond acceptors (Lipinski definition) is 4. The summed E-state index contributed by atoms with van der Waals surface area (Å²) in [5.41, 5.74) is 2.00. The van der Waals surface area contributed by atoms with Crippen LogP contribution in [0.4, 0.5) is 5.82 Å². The Bertz CT molecular complexity index is 554. The zero-order valence-electron chi connectivity index (χ0n) is 10.6. The maximum Gasteiger partial charge on any atom is 0.128 e. The van der Waals surface area contributed by atoms with Gasteiger partial charge in [-0.2, -0.15) is 0 Å². The van der Waals surface area contributed by atoms with Gasteiger partial charge in [-0.15, -0.1) is 0 Å². The van der Waals surface area contributed by atoms with Gasteiger partial charge in [0.2, 0.25) is 0 Å². The van der Waals surface area contributed by atoms with Crippen LogP contribution < -0.4 is 9.64 Å². The number of rotatable bonds is 2. The standard InChI is InChI=1S/C15H16N2O2/c18-11-12-5-6-15(16-9-12)17-7-8-19-14-4-2-1-3-13(14)10-17/h1-6,9,18H,7-8,10-11H2. The summed E-state index contributed by atoms with van der Waals surface area (Å²) in [7, 11) is 0. The van der Waals surface area contributed by atoms with Crippen LogP contribution in [0.25, 0.3) is 0 Å². The van der Waals surface area contributed by atoms with Gasteiger partial charge in [0.05, 0.1) is 13.2 Å². The Morgan fingerprint density at radius 1 is 1.21 bits per heavy atom. The molecule has 4 heteroatoms. The fourth-order valence-electron chi connectivity index (χ4n) is 2.22. The molecular formula is C15H16N2O2. The quantitative estimate of drug-likeness (QED) is 0.892. The highest BCUT2D eigenvalue weighted by atomic mass is 16.5. The highest BCUT2D eigenvalue weighted by molar-refractivity contribution is 5.44. The van der Waals surface area contributed by atoms with Crippen molar-refractivity contribution in [2.75, 3.05) is 18.1 Å². The summed E-state index contributed by atoms with van der Waals surface area (Å²) in [4.78, 5) is 6.59. The predicted molar refractivity (Wildman–Crippen MR) is 73.1 cm³/mol. The summed E-state index contributed by atoms with van der Waals surface area (Å²) in [6.45, 7) is 2.28. The minimum absolute atomic E-state index is 0.0270. The number of ether oxygens (including phenoxy) is 1. The molecule has 1 aliphatic heterocycles. The van der Waals surface area contributed by atoms with Gasteiger partial charge in [0.1, 0.15) is 18.2 Å². The number of fused-ring (bicyclic) bond motifs is 1. The van der Waals surface area contributed by atoms with Crippen molar-refractivity contribution in [2.24, 2.45) is 0 Å². The molecule has 1 aliphatic rings. The van der Waals surface area contributed by atoms with Gasteiger partial charge in [0, 0.05) is 18.3 Å². The van der Waals surface area contributed by atoms with Gasteiger partial charge >= 0.3 is 0 Å². The van der Waals surface area contributed by atoms with Crippen LogP contribution in [0.2, 0.25) is 0 Å². The Balaban J connectivity index is 1.85. The Labute approximate surface area is 112 Å². The van der Waals surface area contributed by atoms with Crippen molar-refractivity contribution in [1.29, 1.82) is 0 Å². The maximum atomic E-state index is 9.04. The smallest absolute Gasteiger partial charge is 0.128 e. The summed E-state index contributed by atoms with van der Waals surface area (Å²) in [6, 6.07) is 11.9. The fourth-order valence-corrected chi connectivity index (χ4v) is 2.22. The molecular weight excluding hydrogens is 240 g/mol. The second kappa shape index (κ2) is 5.28. The molecule has 0 radical (unpaired) electrons. The van der Waals surface area contributed by atoms with Crippen LogP contribution in [-0.2, 0) is 13.2 Å². The number of aliphatic hydroxyl groups excluding tert-OH is 1. The van der Waals surface area contributed by atoms with Crippen molar-refractivity contribution in [3.8, 4) is 5.75 Å². The van der Waals surface area contributed by atoms with Gasteiger partial charge in [0.15, 0.2) is 0 Å². The minimum Gasteiger partial charge on any atom is -0.491 e. The molecule has 4 nitrogen and oxygen atoms in total. The summed E-state index contributed by atoms with van der Waals surface area (Å²) >= 11 is 0. The van der Waals surface area contributed by atoms with Crippen LogP contribution in [0, 0.1) is 0 Å². The van der Waals surface area contributed by atoms with Crippen LogP contribution in [-0.4, -0.2) is 23.2 Å². The third-order valence-corrected chi connectivity index (χ3v) is 3.27. The molecule has 2 aromatic rings. The van der Waals surface area contributed by atoms with Crippen molar-refractivity contribution in [3.05, 3.63) is 53.7 Å². The van der Waals surface area contributed by atoms with Gasteiger partial charge in [-0.1, -0.05) is 24.3 Å². The van der Waals surface area contributed by atoms with Gasteiger partial charge in [-0.3, -0.25) is 0 Å².